The summed E-state index contributed by atoms with van der Waals surface area (Å²) in [5, 5.41) is 17.7. The molecule has 0 radical (unpaired) electrons. The van der Waals surface area contributed by atoms with E-state index in [9.17, 15) is 0 Å². The van der Waals surface area contributed by atoms with Crippen molar-refractivity contribution in [3.8, 4) is 5.75 Å². The number of ether oxygens (including phenoxy) is 1. The van der Waals surface area contributed by atoms with Gasteiger partial charge in [0.2, 0.25) is 0 Å². The summed E-state index contributed by atoms with van der Waals surface area (Å²) in [7, 11) is 0. The maximum absolute atomic E-state index is 9.12. The van der Waals surface area contributed by atoms with E-state index < -0.39 is 0 Å². The van der Waals surface area contributed by atoms with Gasteiger partial charge in [0.25, 0.3) is 0 Å². The van der Waals surface area contributed by atoms with Gasteiger partial charge in [0.15, 0.2) is 0 Å². The van der Waals surface area contributed by atoms with Crippen molar-refractivity contribution in [3.05, 3.63) is 52.2 Å². The van der Waals surface area contributed by atoms with E-state index in [-0.39, 0.29) is 6.10 Å². The van der Waals surface area contributed by atoms with E-state index in [2.05, 4.69) is 34.2 Å². The van der Waals surface area contributed by atoms with Crippen LogP contribution in [-0.2, 0) is 13.2 Å². The van der Waals surface area contributed by atoms with Gasteiger partial charge in [-0.05, 0) is 36.1 Å². The highest BCUT2D eigenvalue weighted by Crippen LogP contribution is 2.16. The molecule has 0 fully saturated rings. The molecule has 0 spiro atoms. The molecule has 0 amide bonds. The Morgan fingerprint density at radius 3 is 2.59 bits per heavy atom. The molecular formula is C17H24N2O2S. The van der Waals surface area contributed by atoms with Crippen molar-refractivity contribution in [2.45, 2.75) is 26.2 Å². The molecule has 0 saturated carbocycles. The molecule has 1 aromatic heterocycles. The molecule has 1 atom stereocenters. The minimum absolute atomic E-state index is 0.290. The monoisotopic (exact) mass is 320 g/mol. The van der Waals surface area contributed by atoms with Crippen molar-refractivity contribution in [2.24, 2.45) is 0 Å². The lowest BCUT2D eigenvalue weighted by atomic mass is 10.2. The highest BCUT2D eigenvalue weighted by molar-refractivity contribution is 7.09. The first-order valence-electron chi connectivity index (χ1n) is 7.57. The standard InChI is InChI=1S/C17H24N2O2S/c1-14(20)11-18-8-9-19-12-15-4-6-16(7-5-15)21-13-17-3-2-10-22-17/h2-7,10,14,18-20H,8-9,11-13H2,1H3. The van der Waals surface area contributed by atoms with E-state index in [0.717, 1.165) is 25.4 Å². The summed E-state index contributed by atoms with van der Waals surface area (Å²) < 4.78 is 5.74. The van der Waals surface area contributed by atoms with E-state index in [1.54, 1.807) is 18.3 Å². The van der Waals surface area contributed by atoms with Crippen molar-refractivity contribution in [1.29, 1.82) is 0 Å². The molecular weight excluding hydrogens is 296 g/mol. The summed E-state index contributed by atoms with van der Waals surface area (Å²) >= 11 is 1.71. The van der Waals surface area contributed by atoms with Gasteiger partial charge >= 0.3 is 0 Å². The second-order valence-corrected chi connectivity index (χ2v) is 6.27. The Morgan fingerprint density at radius 1 is 1.14 bits per heavy atom. The van der Waals surface area contributed by atoms with Gasteiger partial charge < -0.3 is 20.5 Å². The van der Waals surface area contributed by atoms with Crippen LogP contribution in [0.5, 0.6) is 5.75 Å². The van der Waals surface area contributed by atoms with Gasteiger partial charge in [-0.15, -0.1) is 11.3 Å². The molecule has 0 aliphatic rings. The normalized spacial score (nSPS) is 12.3. The Hall–Kier alpha value is -1.40. The van der Waals surface area contributed by atoms with Crippen LogP contribution in [0.4, 0.5) is 0 Å². The molecule has 120 valence electrons. The zero-order chi connectivity index (χ0) is 15.6. The number of benzene rings is 1. The van der Waals surface area contributed by atoms with Gasteiger partial charge in [0.1, 0.15) is 12.4 Å². The SMILES string of the molecule is CC(O)CNCCNCc1ccc(OCc2cccs2)cc1. The van der Waals surface area contributed by atoms with Crippen LogP contribution >= 0.6 is 11.3 Å². The Kier molecular flexibility index (Phi) is 7.39. The molecule has 2 rings (SSSR count). The lowest BCUT2D eigenvalue weighted by Gasteiger charge is -2.09. The molecule has 2 aromatic rings. The van der Waals surface area contributed by atoms with Crippen LogP contribution in [0.2, 0.25) is 0 Å². The van der Waals surface area contributed by atoms with E-state index in [1.165, 1.54) is 10.4 Å². The van der Waals surface area contributed by atoms with Crippen LogP contribution < -0.4 is 15.4 Å². The van der Waals surface area contributed by atoms with E-state index in [1.807, 2.05) is 18.2 Å². The van der Waals surface area contributed by atoms with Gasteiger partial charge in [-0.2, -0.15) is 0 Å². The van der Waals surface area contributed by atoms with Crippen molar-refractivity contribution < 1.29 is 9.84 Å². The maximum atomic E-state index is 9.12. The van der Waals surface area contributed by atoms with Gasteiger partial charge in [0, 0.05) is 31.1 Å². The number of nitrogens with one attached hydrogen (secondary N) is 2. The summed E-state index contributed by atoms with van der Waals surface area (Å²) in [5.41, 5.74) is 1.24. The highest BCUT2D eigenvalue weighted by atomic mass is 32.1. The van der Waals surface area contributed by atoms with Crippen molar-refractivity contribution >= 4 is 11.3 Å². The lowest BCUT2D eigenvalue weighted by molar-refractivity contribution is 0.191. The zero-order valence-corrected chi connectivity index (χ0v) is 13.7. The van der Waals surface area contributed by atoms with Crippen LogP contribution in [0.25, 0.3) is 0 Å². The quantitative estimate of drug-likeness (QED) is 0.588. The molecule has 1 heterocycles. The van der Waals surface area contributed by atoms with Crippen LogP contribution in [0.15, 0.2) is 41.8 Å². The largest absolute Gasteiger partial charge is 0.488 e. The van der Waals surface area contributed by atoms with E-state index in [0.29, 0.717) is 13.2 Å². The maximum Gasteiger partial charge on any atom is 0.122 e. The topological polar surface area (TPSA) is 53.5 Å². The third kappa shape index (κ3) is 6.58. The number of aliphatic hydroxyl groups is 1. The van der Waals surface area contributed by atoms with Crippen molar-refractivity contribution in [3.63, 3.8) is 0 Å². The summed E-state index contributed by atoms with van der Waals surface area (Å²) in [6.45, 7) is 5.61. The molecule has 5 heteroatoms. The fraction of sp³-hybridized carbons (Fsp3) is 0.412. The molecule has 0 aliphatic heterocycles. The molecule has 1 unspecified atom stereocenters. The minimum atomic E-state index is -0.290. The van der Waals surface area contributed by atoms with Crippen LogP contribution in [0.3, 0.4) is 0 Å². The van der Waals surface area contributed by atoms with E-state index >= 15 is 0 Å². The van der Waals surface area contributed by atoms with Gasteiger partial charge in [-0.25, -0.2) is 0 Å². The average molecular weight is 320 g/mol. The third-order valence-corrected chi connectivity index (χ3v) is 3.98. The number of aliphatic hydroxyl groups excluding tert-OH is 1. The smallest absolute Gasteiger partial charge is 0.122 e. The molecule has 0 saturated heterocycles. The van der Waals surface area contributed by atoms with Crippen LogP contribution in [0, 0.1) is 0 Å². The predicted molar refractivity (Wildman–Crippen MR) is 91.4 cm³/mol. The summed E-state index contributed by atoms with van der Waals surface area (Å²) in [4.78, 5) is 1.23. The Morgan fingerprint density at radius 2 is 1.91 bits per heavy atom. The summed E-state index contributed by atoms with van der Waals surface area (Å²) in [5.74, 6) is 0.899. The first-order valence-corrected chi connectivity index (χ1v) is 8.45. The highest BCUT2D eigenvalue weighted by Gasteiger charge is 1.98. The number of rotatable bonds is 10. The van der Waals surface area contributed by atoms with E-state index in [4.69, 9.17) is 9.84 Å². The number of hydrogen-bond acceptors (Lipinski definition) is 5. The predicted octanol–water partition coefficient (Wildman–Crippen LogP) is 2.39. The summed E-state index contributed by atoms with van der Waals surface area (Å²) in [6.07, 6.45) is -0.290. The Balaban J connectivity index is 1.62. The molecule has 4 nitrogen and oxygen atoms in total. The molecule has 22 heavy (non-hydrogen) atoms. The minimum Gasteiger partial charge on any atom is -0.488 e. The first kappa shape index (κ1) is 17.0. The van der Waals surface area contributed by atoms with Crippen molar-refractivity contribution in [2.75, 3.05) is 19.6 Å². The molecule has 3 N–H and O–H groups in total. The summed E-state index contributed by atoms with van der Waals surface area (Å²) in [6, 6.07) is 12.3. The average Bonchev–Trinajstić information content (AvgIpc) is 3.03. The third-order valence-electron chi connectivity index (χ3n) is 3.13. The number of hydrogen-bond donors (Lipinski definition) is 3. The Labute approximate surface area is 136 Å². The second kappa shape index (κ2) is 9.58. The molecule has 0 aliphatic carbocycles. The fourth-order valence-electron chi connectivity index (χ4n) is 1.97. The fourth-order valence-corrected chi connectivity index (χ4v) is 2.59. The molecule has 1 aromatic carbocycles. The number of thiophene rings is 1. The van der Waals surface area contributed by atoms with Crippen molar-refractivity contribution in [1.82, 2.24) is 10.6 Å². The van der Waals surface area contributed by atoms with Gasteiger partial charge in [0.05, 0.1) is 6.10 Å². The molecule has 0 bridgehead atoms. The van der Waals surface area contributed by atoms with Crippen LogP contribution in [-0.4, -0.2) is 30.8 Å². The Bertz CT molecular complexity index is 512. The van der Waals surface area contributed by atoms with Crippen LogP contribution in [0.1, 0.15) is 17.4 Å². The lowest BCUT2D eigenvalue weighted by Crippen LogP contribution is -2.31. The first-order chi connectivity index (χ1) is 10.7. The van der Waals surface area contributed by atoms with Gasteiger partial charge in [-0.3, -0.25) is 0 Å². The zero-order valence-electron chi connectivity index (χ0n) is 12.9. The van der Waals surface area contributed by atoms with Gasteiger partial charge in [-0.1, -0.05) is 18.2 Å². The second-order valence-electron chi connectivity index (χ2n) is 5.24.